The van der Waals surface area contributed by atoms with E-state index in [2.05, 4.69) is 0 Å². The lowest BCUT2D eigenvalue weighted by atomic mass is 9.92. The quantitative estimate of drug-likeness (QED) is 0.738. The van der Waals surface area contributed by atoms with Gasteiger partial charge in [-0.3, -0.25) is 4.79 Å². The lowest BCUT2D eigenvalue weighted by Crippen LogP contribution is -2.66. The number of para-hydroxylation sites is 1. The highest BCUT2D eigenvalue weighted by Gasteiger charge is 2.38. The normalized spacial score (nSPS) is 18.1. The molecule has 0 aromatic heterocycles. The fraction of sp³-hybridized carbons (Fsp3) is 0.417. The van der Waals surface area contributed by atoms with Crippen LogP contribution in [-0.4, -0.2) is 34.5 Å². The summed E-state index contributed by atoms with van der Waals surface area (Å²) in [6.45, 7) is 4.76. The Morgan fingerprint density at radius 1 is 1.50 bits per heavy atom. The van der Waals surface area contributed by atoms with Crippen LogP contribution in [0.1, 0.15) is 22.8 Å². The zero-order chi connectivity index (χ0) is 11.9. The molecule has 86 valence electrons. The molecule has 4 nitrogen and oxygen atoms in total. The van der Waals surface area contributed by atoms with Gasteiger partial charge < -0.3 is 15.7 Å². The van der Waals surface area contributed by atoms with Crippen molar-refractivity contribution in [3.8, 4) is 5.75 Å². The highest BCUT2D eigenvalue weighted by Crippen LogP contribution is 2.26. The minimum Gasteiger partial charge on any atom is -0.507 e. The first-order valence-corrected chi connectivity index (χ1v) is 5.27. The minimum atomic E-state index is -0.283. The van der Waals surface area contributed by atoms with Gasteiger partial charge in [0.2, 0.25) is 0 Å². The lowest BCUT2D eigenvalue weighted by Gasteiger charge is -2.45. The summed E-state index contributed by atoms with van der Waals surface area (Å²) in [6, 6.07) is 5.18. The first-order chi connectivity index (χ1) is 7.41. The van der Waals surface area contributed by atoms with Crippen molar-refractivity contribution in [3.05, 3.63) is 29.3 Å². The summed E-state index contributed by atoms with van der Waals surface area (Å²) in [5.41, 5.74) is 6.62. The summed E-state index contributed by atoms with van der Waals surface area (Å²) in [4.78, 5) is 13.6. The molecule has 1 aliphatic rings. The molecule has 1 amide bonds. The molecule has 1 aliphatic heterocycles. The maximum atomic E-state index is 12.0. The van der Waals surface area contributed by atoms with Gasteiger partial charge in [-0.1, -0.05) is 12.1 Å². The van der Waals surface area contributed by atoms with Crippen molar-refractivity contribution < 1.29 is 9.90 Å². The summed E-state index contributed by atoms with van der Waals surface area (Å²) in [5.74, 6) is -0.0813. The maximum absolute atomic E-state index is 12.0. The number of phenols is 1. The second-order valence-electron chi connectivity index (χ2n) is 4.79. The number of phenolic OH excluding ortho intramolecular Hbond substituents is 1. The molecule has 16 heavy (non-hydrogen) atoms. The molecule has 1 aromatic rings. The van der Waals surface area contributed by atoms with Gasteiger partial charge in [-0.15, -0.1) is 0 Å². The van der Waals surface area contributed by atoms with Crippen LogP contribution in [0, 0.1) is 6.92 Å². The van der Waals surface area contributed by atoms with Crippen LogP contribution in [0.25, 0.3) is 0 Å². The maximum Gasteiger partial charge on any atom is 0.257 e. The third-order valence-corrected chi connectivity index (χ3v) is 2.86. The SMILES string of the molecule is Cc1cccc(C(=O)N2CC(C)(N)C2)c1O. The van der Waals surface area contributed by atoms with E-state index in [1.165, 1.54) is 0 Å². The van der Waals surface area contributed by atoms with Crippen molar-refractivity contribution in [2.75, 3.05) is 13.1 Å². The fourth-order valence-corrected chi connectivity index (χ4v) is 1.97. The number of likely N-dealkylation sites (tertiary alicyclic amines) is 1. The van der Waals surface area contributed by atoms with Crippen molar-refractivity contribution in [1.82, 2.24) is 4.90 Å². The Hall–Kier alpha value is -1.55. The lowest BCUT2D eigenvalue weighted by molar-refractivity contribution is 0.0450. The second kappa shape index (κ2) is 3.49. The highest BCUT2D eigenvalue weighted by atomic mass is 16.3. The number of rotatable bonds is 1. The molecule has 0 aliphatic carbocycles. The highest BCUT2D eigenvalue weighted by molar-refractivity contribution is 5.97. The zero-order valence-corrected chi connectivity index (χ0v) is 9.53. The van der Waals surface area contributed by atoms with Gasteiger partial charge >= 0.3 is 0 Å². The van der Waals surface area contributed by atoms with Crippen molar-refractivity contribution in [1.29, 1.82) is 0 Å². The van der Waals surface area contributed by atoms with Gasteiger partial charge in [0.1, 0.15) is 5.75 Å². The van der Waals surface area contributed by atoms with Crippen molar-refractivity contribution in [2.45, 2.75) is 19.4 Å². The molecule has 1 saturated heterocycles. The predicted molar refractivity (Wildman–Crippen MR) is 61.3 cm³/mol. The van der Waals surface area contributed by atoms with Crippen LogP contribution in [0.15, 0.2) is 18.2 Å². The van der Waals surface area contributed by atoms with Gasteiger partial charge in [-0.25, -0.2) is 0 Å². The number of amides is 1. The molecular weight excluding hydrogens is 204 g/mol. The largest absolute Gasteiger partial charge is 0.507 e. The number of aryl methyl sites for hydroxylation is 1. The van der Waals surface area contributed by atoms with E-state index in [-0.39, 0.29) is 17.2 Å². The van der Waals surface area contributed by atoms with E-state index >= 15 is 0 Å². The number of hydrogen-bond donors (Lipinski definition) is 2. The van der Waals surface area contributed by atoms with E-state index in [0.717, 1.165) is 0 Å². The molecule has 3 N–H and O–H groups in total. The Labute approximate surface area is 94.7 Å². The Morgan fingerprint density at radius 3 is 2.69 bits per heavy atom. The summed E-state index contributed by atoms with van der Waals surface area (Å²) >= 11 is 0. The first-order valence-electron chi connectivity index (χ1n) is 5.27. The fourth-order valence-electron chi connectivity index (χ4n) is 1.97. The summed E-state index contributed by atoms with van der Waals surface area (Å²) in [6.07, 6.45) is 0. The molecule has 4 heteroatoms. The summed E-state index contributed by atoms with van der Waals surface area (Å²) < 4.78 is 0. The standard InChI is InChI=1S/C12H16N2O2/c1-8-4-3-5-9(10(8)15)11(16)14-6-12(2,13)7-14/h3-5,15H,6-7,13H2,1-2H3. The molecular formula is C12H16N2O2. The van der Waals surface area contributed by atoms with Gasteiger partial charge in [-0.2, -0.15) is 0 Å². The molecule has 0 spiro atoms. The van der Waals surface area contributed by atoms with Crippen LogP contribution in [0.4, 0.5) is 0 Å². The molecule has 2 rings (SSSR count). The van der Waals surface area contributed by atoms with Crippen molar-refractivity contribution >= 4 is 5.91 Å². The van der Waals surface area contributed by atoms with Gasteiger partial charge in [0, 0.05) is 18.6 Å². The third-order valence-electron chi connectivity index (χ3n) is 2.86. The van der Waals surface area contributed by atoms with E-state index in [1.54, 1.807) is 30.0 Å². The molecule has 1 fully saturated rings. The van der Waals surface area contributed by atoms with Gasteiger partial charge in [0.25, 0.3) is 5.91 Å². The number of carbonyl (C=O) groups excluding carboxylic acids is 1. The van der Waals surface area contributed by atoms with E-state index in [9.17, 15) is 9.90 Å². The van der Waals surface area contributed by atoms with E-state index < -0.39 is 0 Å². The Bertz CT molecular complexity index is 433. The molecule has 0 unspecified atom stereocenters. The molecule has 0 atom stereocenters. The number of hydrogen-bond acceptors (Lipinski definition) is 3. The van der Waals surface area contributed by atoms with E-state index in [0.29, 0.717) is 24.2 Å². The van der Waals surface area contributed by atoms with Crippen LogP contribution in [0.3, 0.4) is 0 Å². The second-order valence-corrected chi connectivity index (χ2v) is 4.79. The van der Waals surface area contributed by atoms with Gasteiger partial charge in [0.15, 0.2) is 0 Å². The Morgan fingerprint density at radius 2 is 2.12 bits per heavy atom. The first kappa shape index (κ1) is 11.0. The molecule has 0 bridgehead atoms. The number of nitrogens with two attached hydrogens (primary N) is 1. The third kappa shape index (κ3) is 1.76. The monoisotopic (exact) mass is 220 g/mol. The van der Waals surface area contributed by atoms with E-state index in [1.807, 2.05) is 6.92 Å². The predicted octanol–water partition coefficient (Wildman–Crippen LogP) is 0.874. The van der Waals surface area contributed by atoms with Crippen molar-refractivity contribution in [3.63, 3.8) is 0 Å². The Kier molecular flexibility index (Phi) is 2.39. The van der Waals surface area contributed by atoms with E-state index in [4.69, 9.17) is 5.73 Å². The van der Waals surface area contributed by atoms with Crippen molar-refractivity contribution in [2.24, 2.45) is 5.73 Å². The molecule has 0 saturated carbocycles. The molecule has 1 aromatic carbocycles. The average molecular weight is 220 g/mol. The zero-order valence-electron chi connectivity index (χ0n) is 9.53. The summed E-state index contributed by atoms with van der Waals surface area (Å²) in [5, 5.41) is 9.79. The number of aromatic hydroxyl groups is 1. The average Bonchev–Trinajstić information content (AvgIpc) is 2.17. The Balaban J connectivity index is 2.20. The number of carbonyl (C=O) groups is 1. The molecule has 1 heterocycles. The van der Waals surface area contributed by atoms with Gasteiger partial charge in [0.05, 0.1) is 5.56 Å². The summed E-state index contributed by atoms with van der Waals surface area (Å²) in [7, 11) is 0. The minimum absolute atomic E-state index is 0.0677. The number of benzene rings is 1. The van der Waals surface area contributed by atoms with Crippen LogP contribution in [0.2, 0.25) is 0 Å². The molecule has 0 radical (unpaired) electrons. The van der Waals surface area contributed by atoms with Crippen LogP contribution < -0.4 is 5.73 Å². The smallest absolute Gasteiger partial charge is 0.257 e. The number of nitrogens with zero attached hydrogens (tertiary/aromatic N) is 1. The van der Waals surface area contributed by atoms with Crippen LogP contribution in [0.5, 0.6) is 5.75 Å². The van der Waals surface area contributed by atoms with Crippen LogP contribution >= 0.6 is 0 Å². The topological polar surface area (TPSA) is 66.6 Å². The van der Waals surface area contributed by atoms with Gasteiger partial charge in [-0.05, 0) is 25.5 Å². The van der Waals surface area contributed by atoms with Crippen LogP contribution in [-0.2, 0) is 0 Å².